The van der Waals surface area contributed by atoms with Crippen LogP contribution in [0.5, 0.6) is 0 Å². The standard InChI is InChI=1S/C12H16FN3/c1-9-8-11(13)3-2-10(9)4-5-14-12-15-6-7-16-12/h2-3,8H,4-7H2,1H3,(H2,14,15,16). The Kier molecular flexibility index (Phi) is 3.39. The molecular formula is C12H16FN3. The molecule has 1 heterocycles. The molecule has 86 valence electrons. The summed E-state index contributed by atoms with van der Waals surface area (Å²) in [6, 6.07) is 4.92. The highest BCUT2D eigenvalue weighted by Gasteiger charge is 2.04. The molecule has 0 spiro atoms. The van der Waals surface area contributed by atoms with Gasteiger partial charge >= 0.3 is 0 Å². The number of rotatable bonds is 3. The summed E-state index contributed by atoms with van der Waals surface area (Å²) in [4.78, 5) is 4.24. The summed E-state index contributed by atoms with van der Waals surface area (Å²) in [5.74, 6) is 0.704. The minimum Gasteiger partial charge on any atom is -0.356 e. The molecule has 16 heavy (non-hydrogen) atoms. The normalized spacial score (nSPS) is 14.5. The minimum absolute atomic E-state index is 0.170. The molecule has 2 N–H and O–H groups in total. The molecule has 0 bridgehead atoms. The summed E-state index contributed by atoms with van der Waals surface area (Å²) in [7, 11) is 0. The summed E-state index contributed by atoms with van der Waals surface area (Å²) in [6.45, 7) is 4.51. The van der Waals surface area contributed by atoms with Gasteiger partial charge in [-0.15, -0.1) is 0 Å². The van der Waals surface area contributed by atoms with Crippen molar-refractivity contribution in [1.29, 1.82) is 0 Å². The van der Waals surface area contributed by atoms with Gasteiger partial charge in [-0.05, 0) is 36.6 Å². The van der Waals surface area contributed by atoms with Crippen LogP contribution >= 0.6 is 0 Å². The molecule has 0 radical (unpaired) electrons. The third-order valence-electron chi connectivity index (χ3n) is 2.67. The van der Waals surface area contributed by atoms with E-state index in [1.807, 2.05) is 13.0 Å². The van der Waals surface area contributed by atoms with Crippen molar-refractivity contribution in [3.8, 4) is 0 Å². The number of nitrogens with one attached hydrogen (secondary N) is 2. The van der Waals surface area contributed by atoms with E-state index in [4.69, 9.17) is 0 Å². The van der Waals surface area contributed by atoms with E-state index >= 15 is 0 Å². The summed E-state index contributed by atoms with van der Waals surface area (Å²) in [5, 5.41) is 6.36. The zero-order chi connectivity index (χ0) is 11.4. The Morgan fingerprint density at radius 2 is 2.38 bits per heavy atom. The Labute approximate surface area is 94.8 Å². The van der Waals surface area contributed by atoms with E-state index in [-0.39, 0.29) is 5.82 Å². The van der Waals surface area contributed by atoms with Crippen LogP contribution in [-0.2, 0) is 6.42 Å². The van der Waals surface area contributed by atoms with Crippen LogP contribution in [0.25, 0.3) is 0 Å². The summed E-state index contributed by atoms with van der Waals surface area (Å²) >= 11 is 0. The second kappa shape index (κ2) is 4.96. The minimum atomic E-state index is -0.170. The van der Waals surface area contributed by atoms with Gasteiger partial charge in [-0.25, -0.2) is 4.39 Å². The van der Waals surface area contributed by atoms with Gasteiger partial charge in [-0.1, -0.05) is 6.07 Å². The Hall–Kier alpha value is -1.58. The third-order valence-corrected chi connectivity index (χ3v) is 2.67. The first-order valence-corrected chi connectivity index (χ1v) is 5.53. The van der Waals surface area contributed by atoms with Gasteiger partial charge in [-0.3, -0.25) is 4.99 Å². The molecule has 2 rings (SSSR count). The molecule has 0 fully saturated rings. The van der Waals surface area contributed by atoms with Crippen LogP contribution in [0.4, 0.5) is 4.39 Å². The van der Waals surface area contributed by atoms with Gasteiger partial charge in [0.2, 0.25) is 0 Å². The van der Waals surface area contributed by atoms with Gasteiger partial charge in [0.05, 0.1) is 6.54 Å². The van der Waals surface area contributed by atoms with Gasteiger partial charge in [0.1, 0.15) is 5.82 Å². The van der Waals surface area contributed by atoms with Crippen molar-refractivity contribution in [2.45, 2.75) is 13.3 Å². The molecule has 0 saturated heterocycles. The van der Waals surface area contributed by atoms with Gasteiger partial charge in [0.15, 0.2) is 5.96 Å². The molecule has 1 aromatic carbocycles. The Balaban J connectivity index is 1.84. The van der Waals surface area contributed by atoms with Crippen molar-refractivity contribution in [3.63, 3.8) is 0 Å². The number of benzene rings is 1. The number of nitrogens with zero attached hydrogens (tertiary/aromatic N) is 1. The van der Waals surface area contributed by atoms with E-state index in [0.29, 0.717) is 0 Å². The lowest BCUT2D eigenvalue weighted by Gasteiger charge is -2.08. The smallest absolute Gasteiger partial charge is 0.191 e. The van der Waals surface area contributed by atoms with Crippen LogP contribution in [0.15, 0.2) is 23.2 Å². The van der Waals surface area contributed by atoms with Crippen molar-refractivity contribution in [2.75, 3.05) is 19.6 Å². The van der Waals surface area contributed by atoms with E-state index in [2.05, 4.69) is 15.6 Å². The van der Waals surface area contributed by atoms with Crippen molar-refractivity contribution < 1.29 is 4.39 Å². The summed E-state index contributed by atoms with van der Waals surface area (Å²) in [5.41, 5.74) is 2.18. The lowest BCUT2D eigenvalue weighted by Crippen LogP contribution is -2.35. The highest BCUT2D eigenvalue weighted by Crippen LogP contribution is 2.10. The molecule has 0 unspecified atom stereocenters. The van der Waals surface area contributed by atoms with Crippen molar-refractivity contribution in [1.82, 2.24) is 10.6 Å². The Morgan fingerprint density at radius 1 is 1.50 bits per heavy atom. The largest absolute Gasteiger partial charge is 0.356 e. The van der Waals surface area contributed by atoms with Crippen LogP contribution in [0.1, 0.15) is 11.1 Å². The third kappa shape index (κ3) is 2.72. The second-order valence-electron chi connectivity index (χ2n) is 3.90. The lowest BCUT2D eigenvalue weighted by molar-refractivity contribution is 0.625. The zero-order valence-electron chi connectivity index (χ0n) is 9.39. The maximum atomic E-state index is 12.9. The summed E-state index contributed by atoms with van der Waals surface area (Å²) in [6.07, 6.45) is 0.882. The molecule has 0 aliphatic carbocycles. The monoisotopic (exact) mass is 221 g/mol. The van der Waals surface area contributed by atoms with Crippen LogP contribution < -0.4 is 10.6 Å². The van der Waals surface area contributed by atoms with E-state index in [0.717, 1.165) is 37.6 Å². The van der Waals surface area contributed by atoms with E-state index < -0.39 is 0 Å². The van der Waals surface area contributed by atoms with Crippen molar-refractivity contribution in [2.24, 2.45) is 4.99 Å². The topological polar surface area (TPSA) is 36.4 Å². The van der Waals surface area contributed by atoms with Gasteiger partial charge in [0, 0.05) is 13.1 Å². The van der Waals surface area contributed by atoms with E-state index in [9.17, 15) is 4.39 Å². The van der Waals surface area contributed by atoms with E-state index in [1.54, 1.807) is 6.07 Å². The maximum absolute atomic E-state index is 12.9. The predicted molar refractivity (Wildman–Crippen MR) is 63.1 cm³/mol. The zero-order valence-corrected chi connectivity index (χ0v) is 9.39. The SMILES string of the molecule is Cc1cc(F)ccc1CCNC1=NCCN1. The molecule has 0 saturated carbocycles. The quantitative estimate of drug-likeness (QED) is 0.805. The first-order valence-electron chi connectivity index (χ1n) is 5.53. The van der Waals surface area contributed by atoms with Crippen LogP contribution in [0.2, 0.25) is 0 Å². The van der Waals surface area contributed by atoms with Crippen molar-refractivity contribution >= 4 is 5.96 Å². The lowest BCUT2D eigenvalue weighted by atomic mass is 10.1. The predicted octanol–water partition coefficient (Wildman–Crippen LogP) is 1.23. The molecule has 0 amide bonds. The van der Waals surface area contributed by atoms with Crippen LogP contribution in [0.3, 0.4) is 0 Å². The maximum Gasteiger partial charge on any atom is 0.191 e. The van der Waals surface area contributed by atoms with Crippen LogP contribution in [-0.4, -0.2) is 25.6 Å². The molecule has 1 aliphatic rings. The second-order valence-corrected chi connectivity index (χ2v) is 3.90. The average Bonchev–Trinajstić information content (AvgIpc) is 2.74. The molecule has 1 aromatic rings. The molecule has 1 aliphatic heterocycles. The number of aryl methyl sites for hydroxylation is 1. The average molecular weight is 221 g/mol. The first kappa shape index (κ1) is 10.9. The molecule has 3 nitrogen and oxygen atoms in total. The number of halogens is 1. The van der Waals surface area contributed by atoms with Gasteiger partial charge in [-0.2, -0.15) is 0 Å². The summed E-state index contributed by atoms with van der Waals surface area (Å²) < 4.78 is 12.9. The molecule has 4 heteroatoms. The Bertz CT molecular complexity index is 401. The number of guanidine groups is 1. The Morgan fingerprint density at radius 3 is 3.06 bits per heavy atom. The number of hydrogen-bond acceptors (Lipinski definition) is 3. The number of aliphatic imine (C=N–C) groups is 1. The molecular weight excluding hydrogens is 205 g/mol. The fourth-order valence-electron chi connectivity index (χ4n) is 1.77. The highest BCUT2D eigenvalue weighted by molar-refractivity contribution is 5.81. The number of hydrogen-bond donors (Lipinski definition) is 2. The van der Waals surface area contributed by atoms with Crippen LogP contribution in [0, 0.1) is 12.7 Å². The molecule has 0 aromatic heterocycles. The van der Waals surface area contributed by atoms with E-state index in [1.165, 1.54) is 11.6 Å². The van der Waals surface area contributed by atoms with Crippen molar-refractivity contribution in [3.05, 3.63) is 35.1 Å². The first-order chi connectivity index (χ1) is 7.75. The fourth-order valence-corrected chi connectivity index (χ4v) is 1.77. The van der Waals surface area contributed by atoms with Gasteiger partial charge in [0.25, 0.3) is 0 Å². The fraction of sp³-hybridized carbons (Fsp3) is 0.417. The molecule has 0 atom stereocenters. The highest BCUT2D eigenvalue weighted by atomic mass is 19.1. The van der Waals surface area contributed by atoms with Gasteiger partial charge < -0.3 is 10.6 Å².